The molecular weight excluding hydrogens is 485 g/mol. The second-order valence-corrected chi connectivity index (χ2v) is 9.70. The Balaban J connectivity index is 1.98. The van der Waals surface area contributed by atoms with Gasteiger partial charge in [-0.25, -0.2) is 4.39 Å². The summed E-state index contributed by atoms with van der Waals surface area (Å²) in [5, 5.41) is 3.32. The van der Waals surface area contributed by atoms with E-state index in [1.54, 1.807) is 20.1 Å². The summed E-state index contributed by atoms with van der Waals surface area (Å²) in [5.74, 6) is 0.144. The van der Waals surface area contributed by atoms with Crippen molar-refractivity contribution >= 4 is 11.9 Å². The minimum Gasteiger partial charge on any atom is -0.497 e. The summed E-state index contributed by atoms with van der Waals surface area (Å²) < 4.78 is 25.1. The number of halogens is 1. The van der Waals surface area contributed by atoms with E-state index in [0.29, 0.717) is 37.9 Å². The topological polar surface area (TPSA) is 93.9 Å². The summed E-state index contributed by atoms with van der Waals surface area (Å²) in [7, 11) is 1.62. The van der Waals surface area contributed by atoms with Crippen LogP contribution in [-0.2, 0) is 27.3 Å². The van der Waals surface area contributed by atoms with Gasteiger partial charge in [-0.15, -0.1) is 0 Å². The molecule has 210 valence electrons. The van der Waals surface area contributed by atoms with E-state index in [-0.39, 0.29) is 18.1 Å². The van der Waals surface area contributed by atoms with Gasteiger partial charge in [0.15, 0.2) is 0 Å². The lowest BCUT2D eigenvalue weighted by Crippen LogP contribution is -2.46. The molecule has 0 aliphatic heterocycles. The number of carbonyl (C=O) groups excluding carboxylic acids is 2. The Morgan fingerprint density at radius 3 is 2.45 bits per heavy atom. The van der Waals surface area contributed by atoms with E-state index >= 15 is 0 Å². The molecule has 8 heteroatoms. The zero-order valence-electron chi connectivity index (χ0n) is 23.3. The van der Waals surface area contributed by atoms with Gasteiger partial charge in [0, 0.05) is 45.1 Å². The molecule has 2 atom stereocenters. The smallest absolute Gasteiger partial charge is 0.306 e. The van der Waals surface area contributed by atoms with E-state index in [1.165, 1.54) is 6.07 Å². The number of methoxy groups -OCH3 is 1. The number of nitrogens with zero attached hydrogens (tertiary/aromatic N) is 1. The molecule has 2 aromatic rings. The van der Waals surface area contributed by atoms with Crippen LogP contribution in [0.25, 0.3) is 0 Å². The second kappa shape index (κ2) is 16.8. The fourth-order valence-electron chi connectivity index (χ4n) is 4.26. The summed E-state index contributed by atoms with van der Waals surface area (Å²) in [4.78, 5) is 27.1. The predicted molar refractivity (Wildman–Crippen MR) is 148 cm³/mol. The molecule has 0 unspecified atom stereocenters. The van der Waals surface area contributed by atoms with E-state index in [9.17, 15) is 14.0 Å². The van der Waals surface area contributed by atoms with Crippen LogP contribution in [0.2, 0.25) is 0 Å². The van der Waals surface area contributed by atoms with Crippen molar-refractivity contribution in [3.05, 3.63) is 65.0 Å². The summed E-state index contributed by atoms with van der Waals surface area (Å²) in [6.45, 7) is 8.13. The van der Waals surface area contributed by atoms with Crippen molar-refractivity contribution in [1.82, 2.24) is 10.2 Å². The van der Waals surface area contributed by atoms with Gasteiger partial charge in [-0.05, 0) is 67.5 Å². The van der Waals surface area contributed by atoms with Crippen LogP contribution in [0.3, 0.4) is 0 Å². The minimum atomic E-state index is -0.621. The first-order valence-corrected chi connectivity index (χ1v) is 13.6. The Labute approximate surface area is 226 Å². The molecule has 0 radical (unpaired) electrons. The van der Waals surface area contributed by atoms with Gasteiger partial charge in [-0.3, -0.25) is 9.59 Å². The Bertz CT molecular complexity index is 1010. The van der Waals surface area contributed by atoms with Crippen LogP contribution >= 0.6 is 0 Å². The number of aryl methyl sites for hydroxylation is 1. The van der Waals surface area contributed by atoms with E-state index in [1.807, 2.05) is 49.1 Å². The molecule has 0 aliphatic carbocycles. The molecule has 3 N–H and O–H groups in total. The van der Waals surface area contributed by atoms with Crippen LogP contribution in [-0.4, -0.2) is 55.7 Å². The second-order valence-electron chi connectivity index (χ2n) is 9.70. The van der Waals surface area contributed by atoms with E-state index in [0.717, 1.165) is 42.8 Å². The molecular formula is C30H44FN3O4. The van der Waals surface area contributed by atoms with Gasteiger partial charge in [-0.1, -0.05) is 38.1 Å². The van der Waals surface area contributed by atoms with Crippen molar-refractivity contribution in [3.63, 3.8) is 0 Å². The summed E-state index contributed by atoms with van der Waals surface area (Å²) in [6, 6.07) is 12.2. The molecule has 0 aliphatic rings. The van der Waals surface area contributed by atoms with Gasteiger partial charge in [0.25, 0.3) is 0 Å². The van der Waals surface area contributed by atoms with Gasteiger partial charge in [0.05, 0.1) is 7.11 Å². The molecule has 0 bridgehead atoms. The highest BCUT2D eigenvalue weighted by Crippen LogP contribution is 2.15. The van der Waals surface area contributed by atoms with E-state index in [2.05, 4.69) is 5.32 Å². The van der Waals surface area contributed by atoms with Gasteiger partial charge in [0.2, 0.25) is 5.91 Å². The molecule has 2 aromatic carbocycles. The summed E-state index contributed by atoms with van der Waals surface area (Å²) in [5.41, 5.74) is 8.80. The molecule has 38 heavy (non-hydrogen) atoms. The maximum Gasteiger partial charge on any atom is 0.306 e. The number of hydrogen-bond donors (Lipinski definition) is 2. The van der Waals surface area contributed by atoms with Crippen LogP contribution in [0.1, 0.15) is 62.6 Å². The molecule has 0 saturated carbocycles. The predicted octanol–water partition coefficient (Wildman–Crippen LogP) is 4.53. The Hall–Kier alpha value is -2.97. The largest absolute Gasteiger partial charge is 0.497 e. The van der Waals surface area contributed by atoms with Crippen LogP contribution in [0, 0.1) is 12.7 Å². The van der Waals surface area contributed by atoms with Gasteiger partial charge < -0.3 is 25.4 Å². The Morgan fingerprint density at radius 1 is 1.05 bits per heavy atom. The van der Waals surface area contributed by atoms with Gasteiger partial charge in [0.1, 0.15) is 17.7 Å². The summed E-state index contributed by atoms with van der Waals surface area (Å²) in [6.07, 6.45) is 2.41. The van der Waals surface area contributed by atoms with Crippen molar-refractivity contribution in [2.24, 2.45) is 5.73 Å². The van der Waals surface area contributed by atoms with Crippen molar-refractivity contribution in [3.8, 4) is 5.75 Å². The first kappa shape index (κ1) is 31.2. The van der Waals surface area contributed by atoms with Crippen LogP contribution < -0.4 is 15.8 Å². The highest BCUT2D eigenvalue weighted by Gasteiger charge is 2.23. The lowest BCUT2D eigenvalue weighted by atomic mass is 10.0. The third kappa shape index (κ3) is 10.8. The highest BCUT2D eigenvalue weighted by molar-refractivity contribution is 5.77. The molecule has 0 heterocycles. The molecule has 2 rings (SSSR count). The zero-order valence-corrected chi connectivity index (χ0v) is 23.3. The van der Waals surface area contributed by atoms with Crippen LogP contribution in [0.4, 0.5) is 4.39 Å². The Kier molecular flexibility index (Phi) is 13.8. The molecule has 0 spiro atoms. The van der Waals surface area contributed by atoms with Gasteiger partial charge in [-0.2, -0.15) is 0 Å². The number of benzene rings is 2. The molecule has 0 saturated heterocycles. The van der Waals surface area contributed by atoms with E-state index in [4.69, 9.17) is 15.2 Å². The maximum absolute atomic E-state index is 14.1. The number of nitrogens with two attached hydrogens (primary N) is 1. The average molecular weight is 530 g/mol. The van der Waals surface area contributed by atoms with Crippen molar-refractivity contribution in [2.75, 3.05) is 26.7 Å². The van der Waals surface area contributed by atoms with Crippen molar-refractivity contribution in [1.29, 1.82) is 0 Å². The molecule has 1 amide bonds. The van der Waals surface area contributed by atoms with Crippen molar-refractivity contribution in [2.45, 2.75) is 78.0 Å². The molecule has 0 aromatic heterocycles. The minimum absolute atomic E-state index is 0.0658. The fourth-order valence-corrected chi connectivity index (χ4v) is 4.26. The van der Waals surface area contributed by atoms with Gasteiger partial charge >= 0.3 is 5.97 Å². The summed E-state index contributed by atoms with van der Waals surface area (Å²) >= 11 is 0. The number of ether oxygens (including phenoxy) is 2. The number of rotatable bonds is 17. The third-order valence-electron chi connectivity index (χ3n) is 6.39. The van der Waals surface area contributed by atoms with E-state index < -0.39 is 18.1 Å². The normalized spacial score (nSPS) is 12.6. The third-order valence-corrected chi connectivity index (χ3v) is 6.39. The number of nitrogens with one attached hydrogen (secondary N) is 1. The maximum atomic E-state index is 14.1. The lowest BCUT2D eigenvalue weighted by molar-refractivity contribution is -0.150. The number of carbonyl (C=O) groups is 2. The number of amides is 1. The SMILES string of the molecule is CCCN(CCC)C(=O)CCCC(=O)O[C@H](CNCc1cccc(OC)c1)[C@@H](N)Cc1ccc(C)c(F)c1. The monoisotopic (exact) mass is 529 g/mol. The Morgan fingerprint density at radius 2 is 1.79 bits per heavy atom. The fraction of sp³-hybridized carbons (Fsp3) is 0.533. The molecule has 0 fully saturated rings. The highest BCUT2D eigenvalue weighted by atomic mass is 19.1. The van der Waals surface area contributed by atoms with Crippen LogP contribution in [0.15, 0.2) is 42.5 Å². The average Bonchev–Trinajstić information content (AvgIpc) is 2.90. The standard InChI is InChI=1S/C30H44FN3O4/c1-5-15-34(16-6-2)29(35)11-8-12-30(36)38-28(21-33-20-24-9-7-10-25(17-24)37-4)27(32)19-23-14-13-22(3)26(31)18-23/h7,9-10,13-14,17-18,27-28,33H,5-6,8,11-12,15-16,19-21,32H2,1-4H3/t27-,28+/m0/s1. The molecule has 7 nitrogen and oxygen atoms in total. The zero-order chi connectivity index (χ0) is 27.9. The number of esters is 1. The quantitative estimate of drug-likeness (QED) is 0.293. The van der Waals surface area contributed by atoms with Crippen LogP contribution in [0.5, 0.6) is 5.75 Å². The lowest BCUT2D eigenvalue weighted by Gasteiger charge is -2.25. The first-order chi connectivity index (χ1) is 18.3. The first-order valence-electron chi connectivity index (χ1n) is 13.6. The number of hydrogen-bond acceptors (Lipinski definition) is 6. The van der Waals surface area contributed by atoms with Crippen molar-refractivity contribution < 1.29 is 23.5 Å².